The van der Waals surface area contributed by atoms with Crippen LogP contribution in [-0.2, 0) is 4.79 Å². The molecule has 0 bridgehead atoms. The van der Waals surface area contributed by atoms with E-state index in [2.05, 4.69) is 11.9 Å². The smallest absolute Gasteiger partial charge is 0.220 e. The summed E-state index contributed by atoms with van der Waals surface area (Å²) in [5, 5.41) is 2.77. The third-order valence-electron chi connectivity index (χ3n) is 1.73. The average molecular weight is 193 g/mol. The van der Waals surface area contributed by atoms with Gasteiger partial charge in [0, 0.05) is 13.0 Å². The van der Waals surface area contributed by atoms with Crippen LogP contribution >= 0.6 is 0 Å². The van der Waals surface area contributed by atoms with Gasteiger partial charge >= 0.3 is 0 Å². The third-order valence-corrected chi connectivity index (χ3v) is 1.73. The fourth-order valence-corrected chi connectivity index (χ4v) is 1.13. The zero-order valence-electron chi connectivity index (χ0n) is 9.05. The number of carbonyl (C=O) groups excluding carboxylic acids is 1. The molecule has 0 aliphatic carbocycles. The van der Waals surface area contributed by atoms with E-state index in [9.17, 15) is 4.79 Å². The Morgan fingerprint density at radius 1 is 1.43 bits per heavy atom. The zero-order chi connectivity index (χ0) is 10.8. The van der Waals surface area contributed by atoms with Crippen molar-refractivity contribution in [2.75, 3.05) is 6.54 Å². The lowest BCUT2D eigenvalue weighted by molar-refractivity contribution is -0.120. The molecule has 0 unspecified atom stereocenters. The highest BCUT2D eigenvalue weighted by molar-refractivity contribution is 5.76. The van der Waals surface area contributed by atoms with Crippen LogP contribution in [0.15, 0.2) is 36.5 Å². The molecule has 0 aromatic heterocycles. The van der Waals surface area contributed by atoms with E-state index in [0.29, 0.717) is 13.0 Å². The van der Waals surface area contributed by atoms with Crippen molar-refractivity contribution in [3.63, 3.8) is 0 Å². The van der Waals surface area contributed by atoms with Crippen molar-refractivity contribution in [1.82, 2.24) is 5.32 Å². The molecule has 2 nitrogen and oxygen atoms in total. The van der Waals surface area contributed by atoms with Crippen LogP contribution in [0.3, 0.4) is 0 Å². The van der Waals surface area contributed by atoms with Crippen molar-refractivity contribution in [3.05, 3.63) is 36.5 Å². The summed E-state index contributed by atoms with van der Waals surface area (Å²) in [5.41, 5.74) is 1.13. The molecule has 0 spiro atoms. The quantitative estimate of drug-likeness (QED) is 0.645. The normalized spacial score (nSPS) is 11.7. The van der Waals surface area contributed by atoms with Crippen LogP contribution in [0.1, 0.15) is 26.7 Å². The highest BCUT2D eigenvalue weighted by Gasteiger charge is 1.99. The Balaban J connectivity index is 4.00. The zero-order valence-corrected chi connectivity index (χ0v) is 9.05. The van der Waals surface area contributed by atoms with Crippen LogP contribution in [0.25, 0.3) is 0 Å². The number of nitrogens with one attached hydrogen (secondary N) is 1. The molecular formula is C12H19NO. The molecular weight excluding hydrogens is 174 g/mol. The van der Waals surface area contributed by atoms with E-state index in [1.807, 2.05) is 32.1 Å². The lowest BCUT2D eigenvalue weighted by Gasteiger charge is -2.02. The van der Waals surface area contributed by atoms with Crippen LogP contribution in [0.2, 0.25) is 0 Å². The number of rotatable bonds is 6. The minimum atomic E-state index is 0.104. The predicted molar refractivity (Wildman–Crippen MR) is 61.0 cm³/mol. The Morgan fingerprint density at radius 2 is 2.14 bits per heavy atom. The van der Waals surface area contributed by atoms with Gasteiger partial charge in [-0.1, -0.05) is 30.9 Å². The lowest BCUT2D eigenvalue weighted by Crippen LogP contribution is -2.22. The number of carbonyl (C=O) groups is 1. The first-order valence-electron chi connectivity index (χ1n) is 4.95. The minimum Gasteiger partial charge on any atom is -0.356 e. The molecule has 78 valence electrons. The number of hydrogen-bond acceptors (Lipinski definition) is 1. The van der Waals surface area contributed by atoms with Crippen LogP contribution < -0.4 is 5.32 Å². The second kappa shape index (κ2) is 8.30. The molecule has 0 heterocycles. The molecule has 1 amide bonds. The SMILES string of the molecule is C=C/C=C(\C=C/C)CCC(=O)NCC. The lowest BCUT2D eigenvalue weighted by atomic mass is 10.1. The largest absolute Gasteiger partial charge is 0.356 e. The molecule has 0 radical (unpaired) electrons. The van der Waals surface area contributed by atoms with Crippen LogP contribution in [-0.4, -0.2) is 12.5 Å². The van der Waals surface area contributed by atoms with Gasteiger partial charge in [0.05, 0.1) is 0 Å². The molecule has 0 rings (SSSR count). The monoisotopic (exact) mass is 193 g/mol. The van der Waals surface area contributed by atoms with E-state index in [4.69, 9.17) is 0 Å². The Labute approximate surface area is 86.4 Å². The van der Waals surface area contributed by atoms with Crippen molar-refractivity contribution in [2.45, 2.75) is 26.7 Å². The first-order valence-corrected chi connectivity index (χ1v) is 4.95. The summed E-state index contributed by atoms with van der Waals surface area (Å²) in [5.74, 6) is 0.104. The molecule has 0 saturated carbocycles. The van der Waals surface area contributed by atoms with Crippen LogP contribution in [0, 0.1) is 0 Å². The van der Waals surface area contributed by atoms with Crippen molar-refractivity contribution < 1.29 is 4.79 Å². The fraction of sp³-hybridized carbons (Fsp3) is 0.417. The molecule has 0 aliphatic heterocycles. The standard InChI is InChI=1S/C12H19NO/c1-4-7-11(8-5-2)9-10-12(14)13-6-3/h4-5,7-8H,1,6,9-10H2,2-3H3,(H,13,14)/b8-5-,11-7+. The second-order valence-corrected chi connectivity index (χ2v) is 2.93. The van der Waals surface area contributed by atoms with Gasteiger partial charge in [0.1, 0.15) is 0 Å². The van der Waals surface area contributed by atoms with E-state index >= 15 is 0 Å². The summed E-state index contributed by atoms with van der Waals surface area (Å²) in [7, 11) is 0. The molecule has 0 aromatic rings. The molecule has 0 aliphatic rings. The maximum absolute atomic E-state index is 11.2. The first kappa shape index (κ1) is 12.7. The van der Waals surface area contributed by atoms with Gasteiger partial charge in [-0.2, -0.15) is 0 Å². The van der Waals surface area contributed by atoms with Crippen LogP contribution in [0.5, 0.6) is 0 Å². The van der Waals surface area contributed by atoms with Gasteiger partial charge in [-0.3, -0.25) is 4.79 Å². The summed E-state index contributed by atoms with van der Waals surface area (Å²) in [6.07, 6.45) is 8.94. The molecule has 1 N–H and O–H groups in total. The molecule has 14 heavy (non-hydrogen) atoms. The number of hydrogen-bond donors (Lipinski definition) is 1. The summed E-state index contributed by atoms with van der Waals surface area (Å²) >= 11 is 0. The molecule has 0 saturated heterocycles. The van der Waals surface area contributed by atoms with Crippen molar-refractivity contribution in [3.8, 4) is 0 Å². The Kier molecular flexibility index (Phi) is 7.52. The highest BCUT2D eigenvalue weighted by atomic mass is 16.1. The van der Waals surface area contributed by atoms with Crippen molar-refractivity contribution in [1.29, 1.82) is 0 Å². The molecule has 0 atom stereocenters. The van der Waals surface area contributed by atoms with Gasteiger partial charge in [0.2, 0.25) is 5.91 Å². The van der Waals surface area contributed by atoms with Gasteiger partial charge in [-0.25, -0.2) is 0 Å². The molecule has 2 heteroatoms. The van der Waals surface area contributed by atoms with Gasteiger partial charge in [-0.05, 0) is 25.8 Å². The number of amides is 1. The van der Waals surface area contributed by atoms with E-state index < -0.39 is 0 Å². The average Bonchev–Trinajstić information content (AvgIpc) is 2.15. The van der Waals surface area contributed by atoms with Crippen molar-refractivity contribution in [2.24, 2.45) is 0 Å². The van der Waals surface area contributed by atoms with E-state index in [1.165, 1.54) is 0 Å². The van der Waals surface area contributed by atoms with Gasteiger partial charge in [0.25, 0.3) is 0 Å². The van der Waals surface area contributed by atoms with Crippen LogP contribution in [0.4, 0.5) is 0 Å². The Bertz CT molecular complexity index is 239. The summed E-state index contributed by atoms with van der Waals surface area (Å²) in [4.78, 5) is 11.2. The van der Waals surface area contributed by atoms with E-state index in [-0.39, 0.29) is 5.91 Å². The second-order valence-electron chi connectivity index (χ2n) is 2.93. The van der Waals surface area contributed by atoms with Gasteiger partial charge < -0.3 is 5.32 Å². The summed E-state index contributed by atoms with van der Waals surface area (Å²) in [6, 6.07) is 0. The Hall–Kier alpha value is -1.31. The van der Waals surface area contributed by atoms with E-state index in [1.54, 1.807) is 6.08 Å². The van der Waals surface area contributed by atoms with Gasteiger partial charge in [0.15, 0.2) is 0 Å². The van der Waals surface area contributed by atoms with Crippen molar-refractivity contribution >= 4 is 5.91 Å². The number of allylic oxidation sites excluding steroid dienone is 5. The summed E-state index contributed by atoms with van der Waals surface area (Å²) < 4.78 is 0. The third kappa shape index (κ3) is 6.23. The first-order chi connectivity index (χ1) is 6.74. The minimum absolute atomic E-state index is 0.104. The molecule has 0 fully saturated rings. The summed E-state index contributed by atoms with van der Waals surface area (Å²) in [6.45, 7) is 8.22. The van der Waals surface area contributed by atoms with Gasteiger partial charge in [-0.15, -0.1) is 0 Å². The maximum atomic E-state index is 11.2. The Morgan fingerprint density at radius 3 is 2.64 bits per heavy atom. The predicted octanol–water partition coefficient (Wildman–Crippen LogP) is 2.59. The fourth-order valence-electron chi connectivity index (χ4n) is 1.13. The van der Waals surface area contributed by atoms with E-state index in [0.717, 1.165) is 12.0 Å². The highest BCUT2D eigenvalue weighted by Crippen LogP contribution is 2.06. The topological polar surface area (TPSA) is 29.1 Å². The molecule has 0 aromatic carbocycles. The maximum Gasteiger partial charge on any atom is 0.220 e.